The highest BCUT2D eigenvalue weighted by Crippen LogP contribution is 2.28. The van der Waals surface area contributed by atoms with E-state index in [0.29, 0.717) is 6.04 Å². The van der Waals surface area contributed by atoms with Crippen molar-refractivity contribution in [3.05, 3.63) is 36.5 Å². The van der Waals surface area contributed by atoms with E-state index in [1.165, 1.54) is 0 Å². The molecule has 0 aliphatic heterocycles. The highest BCUT2D eigenvalue weighted by atomic mass is 16.1. The average molecular weight is 269 g/mol. The van der Waals surface area contributed by atoms with Crippen molar-refractivity contribution in [2.75, 3.05) is 5.32 Å². The quantitative estimate of drug-likeness (QED) is 0.900. The van der Waals surface area contributed by atoms with Crippen LogP contribution in [0.5, 0.6) is 0 Å². The number of pyridine rings is 1. The van der Waals surface area contributed by atoms with Crippen LogP contribution in [0, 0.1) is 5.92 Å². The van der Waals surface area contributed by atoms with Crippen LogP contribution >= 0.6 is 0 Å². The van der Waals surface area contributed by atoms with E-state index in [9.17, 15) is 4.79 Å². The summed E-state index contributed by atoms with van der Waals surface area (Å²) in [6.45, 7) is 0. The zero-order valence-corrected chi connectivity index (χ0v) is 11.4. The van der Waals surface area contributed by atoms with Crippen molar-refractivity contribution < 1.29 is 4.79 Å². The topological polar surface area (TPSA) is 68.0 Å². The molecule has 3 rings (SSSR count). The number of hydrogen-bond donors (Lipinski definition) is 2. The van der Waals surface area contributed by atoms with Gasteiger partial charge in [-0.3, -0.25) is 9.78 Å². The number of carbonyl (C=O) groups is 1. The van der Waals surface area contributed by atoms with Crippen molar-refractivity contribution in [1.82, 2.24) is 4.98 Å². The van der Waals surface area contributed by atoms with Crippen LogP contribution < -0.4 is 11.1 Å². The monoisotopic (exact) mass is 269 g/mol. The first-order valence-corrected chi connectivity index (χ1v) is 7.13. The number of amides is 1. The molecule has 3 N–H and O–H groups in total. The third-order valence-corrected chi connectivity index (χ3v) is 4.14. The standard InChI is InChI=1S/C16H19N3O/c17-16(20)11-5-7-12(8-6-11)19-15-9-10-18-14-4-2-1-3-13(14)15/h1-4,9-12H,5-8H2,(H2,17,20)(H,18,19). The molecule has 1 aliphatic carbocycles. The molecular formula is C16H19N3O. The average Bonchev–Trinajstić information content (AvgIpc) is 2.48. The fraction of sp³-hybridized carbons (Fsp3) is 0.375. The number of fused-ring (bicyclic) bond motifs is 1. The van der Waals surface area contributed by atoms with Gasteiger partial charge in [0.25, 0.3) is 0 Å². The number of para-hydroxylation sites is 1. The summed E-state index contributed by atoms with van der Waals surface area (Å²) in [7, 11) is 0. The highest BCUT2D eigenvalue weighted by Gasteiger charge is 2.24. The summed E-state index contributed by atoms with van der Waals surface area (Å²) in [5, 5.41) is 4.74. The van der Waals surface area contributed by atoms with Gasteiger partial charge in [0.2, 0.25) is 5.91 Å². The summed E-state index contributed by atoms with van der Waals surface area (Å²) in [5.41, 5.74) is 7.50. The van der Waals surface area contributed by atoms with Crippen molar-refractivity contribution in [1.29, 1.82) is 0 Å². The molecule has 4 nitrogen and oxygen atoms in total. The number of anilines is 1. The van der Waals surface area contributed by atoms with E-state index in [1.807, 2.05) is 30.5 Å². The van der Waals surface area contributed by atoms with Gasteiger partial charge >= 0.3 is 0 Å². The molecule has 0 radical (unpaired) electrons. The molecule has 4 heteroatoms. The lowest BCUT2D eigenvalue weighted by atomic mass is 9.85. The molecular weight excluding hydrogens is 250 g/mol. The van der Waals surface area contributed by atoms with Crippen molar-refractivity contribution in [3.8, 4) is 0 Å². The van der Waals surface area contributed by atoms with Gasteiger partial charge < -0.3 is 11.1 Å². The second-order valence-corrected chi connectivity index (χ2v) is 5.47. The molecule has 0 atom stereocenters. The highest BCUT2D eigenvalue weighted by molar-refractivity contribution is 5.91. The van der Waals surface area contributed by atoms with E-state index in [-0.39, 0.29) is 11.8 Å². The molecule has 1 aromatic carbocycles. The summed E-state index contributed by atoms with van der Waals surface area (Å²) >= 11 is 0. The van der Waals surface area contributed by atoms with Crippen LogP contribution in [0.15, 0.2) is 36.5 Å². The number of rotatable bonds is 3. The molecule has 2 aromatic rings. The molecule has 1 amide bonds. The lowest BCUT2D eigenvalue weighted by Gasteiger charge is -2.28. The van der Waals surface area contributed by atoms with Gasteiger partial charge in [-0.2, -0.15) is 0 Å². The number of aromatic nitrogens is 1. The zero-order valence-electron chi connectivity index (χ0n) is 11.4. The van der Waals surface area contributed by atoms with E-state index in [0.717, 1.165) is 42.3 Å². The number of carbonyl (C=O) groups excluding carboxylic acids is 1. The van der Waals surface area contributed by atoms with Crippen LogP contribution in [0.25, 0.3) is 10.9 Å². The summed E-state index contributed by atoms with van der Waals surface area (Å²) in [5.74, 6) is -0.0972. The fourth-order valence-corrected chi connectivity index (χ4v) is 2.96. The lowest BCUT2D eigenvalue weighted by Crippen LogP contribution is -2.32. The predicted molar refractivity (Wildman–Crippen MR) is 80.3 cm³/mol. The Bertz CT molecular complexity index is 613. The van der Waals surface area contributed by atoms with Crippen LogP contribution in [0.3, 0.4) is 0 Å². The van der Waals surface area contributed by atoms with Gasteiger partial charge in [-0.25, -0.2) is 0 Å². The first-order valence-electron chi connectivity index (χ1n) is 7.13. The number of benzene rings is 1. The summed E-state index contributed by atoms with van der Waals surface area (Å²) < 4.78 is 0. The smallest absolute Gasteiger partial charge is 0.220 e. The zero-order chi connectivity index (χ0) is 13.9. The Morgan fingerprint density at radius 1 is 1.15 bits per heavy atom. The summed E-state index contributed by atoms with van der Waals surface area (Å²) in [6, 6.07) is 10.6. The molecule has 0 spiro atoms. The Hall–Kier alpha value is -2.10. The third-order valence-electron chi connectivity index (χ3n) is 4.14. The number of nitrogens with zero attached hydrogens (tertiary/aromatic N) is 1. The second kappa shape index (κ2) is 5.49. The van der Waals surface area contributed by atoms with Crippen LogP contribution in [0.1, 0.15) is 25.7 Å². The van der Waals surface area contributed by atoms with Gasteiger partial charge in [0.05, 0.1) is 5.52 Å². The maximum absolute atomic E-state index is 11.2. The molecule has 104 valence electrons. The Morgan fingerprint density at radius 2 is 1.90 bits per heavy atom. The van der Waals surface area contributed by atoms with Crippen LogP contribution in [0.4, 0.5) is 5.69 Å². The van der Waals surface area contributed by atoms with Crippen LogP contribution in [-0.2, 0) is 4.79 Å². The minimum absolute atomic E-state index is 0.0576. The maximum Gasteiger partial charge on any atom is 0.220 e. The minimum atomic E-state index is -0.155. The summed E-state index contributed by atoms with van der Waals surface area (Å²) in [4.78, 5) is 15.6. The van der Waals surface area contributed by atoms with Crippen molar-refractivity contribution in [2.24, 2.45) is 11.7 Å². The Balaban J connectivity index is 1.73. The molecule has 1 aromatic heterocycles. The lowest BCUT2D eigenvalue weighted by molar-refractivity contribution is -0.122. The molecule has 1 fully saturated rings. The summed E-state index contributed by atoms with van der Waals surface area (Å²) in [6.07, 6.45) is 5.58. The number of primary amides is 1. The molecule has 1 aliphatic rings. The van der Waals surface area contributed by atoms with Gasteiger partial charge in [-0.15, -0.1) is 0 Å². The number of hydrogen-bond acceptors (Lipinski definition) is 3. The second-order valence-electron chi connectivity index (χ2n) is 5.47. The Kier molecular flexibility index (Phi) is 3.54. The van der Waals surface area contributed by atoms with Gasteiger partial charge in [-0.1, -0.05) is 18.2 Å². The van der Waals surface area contributed by atoms with E-state index >= 15 is 0 Å². The molecule has 20 heavy (non-hydrogen) atoms. The van der Waals surface area contributed by atoms with E-state index in [4.69, 9.17) is 5.73 Å². The van der Waals surface area contributed by atoms with Gasteiger partial charge in [-0.05, 0) is 37.8 Å². The SMILES string of the molecule is NC(=O)C1CCC(Nc2ccnc3ccccc23)CC1. The Morgan fingerprint density at radius 3 is 2.65 bits per heavy atom. The fourth-order valence-electron chi connectivity index (χ4n) is 2.96. The maximum atomic E-state index is 11.2. The van der Waals surface area contributed by atoms with Crippen molar-refractivity contribution in [2.45, 2.75) is 31.7 Å². The number of nitrogens with two attached hydrogens (primary N) is 1. The molecule has 1 heterocycles. The van der Waals surface area contributed by atoms with Gasteiger partial charge in [0.1, 0.15) is 0 Å². The number of nitrogens with one attached hydrogen (secondary N) is 1. The Labute approximate surface area is 118 Å². The van der Waals surface area contributed by atoms with E-state index < -0.39 is 0 Å². The molecule has 0 bridgehead atoms. The van der Waals surface area contributed by atoms with Crippen molar-refractivity contribution in [3.63, 3.8) is 0 Å². The van der Waals surface area contributed by atoms with Crippen LogP contribution in [0.2, 0.25) is 0 Å². The van der Waals surface area contributed by atoms with Crippen LogP contribution in [-0.4, -0.2) is 16.9 Å². The molecule has 0 unspecified atom stereocenters. The van der Waals surface area contributed by atoms with E-state index in [2.05, 4.69) is 16.4 Å². The first-order chi connectivity index (χ1) is 9.74. The molecule has 0 saturated heterocycles. The largest absolute Gasteiger partial charge is 0.382 e. The minimum Gasteiger partial charge on any atom is -0.382 e. The molecule has 1 saturated carbocycles. The van der Waals surface area contributed by atoms with E-state index in [1.54, 1.807) is 0 Å². The van der Waals surface area contributed by atoms with Gasteiger partial charge in [0.15, 0.2) is 0 Å². The first kappa shape index (κ1) is 12.9. The van der Waals surface area contributed by atoms with Crippen molar-refractivity contribution >= 4 is 22.5 Å². The van der Waals surface area contributed by atoms with Gasteiger partial charge in [0, 0.05) is 29.2 Å². The third kappa shape index (κ3) is 2.59. The predicted octanol–water partition coefficient (Wildman–Crippen LogP) is 2.69. The normalized spacial score (nSPS) is 22.6.